The lowest BCUT2D eigenvalue weighted by atomic mass is 10.3. The van der Waals surface area contributed by atoms with Crippen LogP contribution >= 0.6 is 0 Å². The average Bonchev–Trinajstić information content (AvgIpc) is 2.66. The number of hydrogen-bond donors (Lipinski definition) is 1. The van der Waals surface area contributed by atoms with E-state index in [1.165, 1.54) is 16.2 Å². The second kappa shape index (κ2) is 3.68. The molecule has 0 atom stereocenters. The Bertz CT molecular complexity index is 614. The second-order valence-electron chi connectivity index (χ2n) is 3.56. The van der Waals surface area contributed by atoms with Crippen molar-refractivity contribution in [3.63, 3.8) is 0 Å². The maximum Gasteiger partial charge on any atom is 0.269 e. The summed E-state index contributed by atoms with van der Waals surface area (Å²) in [6.45, 7) is 1.83. The van der Waals surface area contributed by atoms with Crippen LogP contribution in [0.4, 0.5) is 5.69 Å². The van der Waals surface area contributed by atoms with E-state index in [2.05, 4.69) is 0 Å². The van der Waals surface area contributed by atoms with Crippen LogP contribution in [0.3, 0.4) is 0 Å². The lowest BCUT2D eigenvalue weighted by molar-refractivity contribution is 0.588. The van der Waals surface area contributed by atoms with E-state index in [1.54, 1.807) is 30.5 Å². The number of nitrogens with two attached hydrogens (primary N) is 1. The zero-order chi connectivity index (χ0) is 11.8. The fourth-order valence-electron chi connectivity index (χ4n) is 1.46. The number of aromatic nitrogens is 1. The number of nitrogens with zero attached hydrogens (tertiary/aromatic N) is 1. The molecule has 0 aliphatic heterocycles. The molecular weight excluding hydrogens is 224 g/mol. The minimum atomic E-state index is -3.56. The minimum absolute atomic E-state index is 0.130. The van der Waals surface area contributed by atoms with Crippen LogP contribution in [0, 0.1) is 6.92 Å². The van der Waals surface area contributed by atoms with Gasteiger partial charge in [-0.05, 0) is 30.7 Å². The summed E-state index contributed by atoms with van der Waals surface area (Å²) in [5.41, 5.74) is 6.80. The predicted molar refractivity (Wildman–Crippen MR) is 62.6 cm³/mol. The summed E-state index contributed by atoms with van der Waals surface area (Å²) in [6.07, 6.45) is 3.07. The molecule has 1 heterocycles. The summed E-state index contributed by atoms with van der Waals surface area (Å²) >= 11 is 0. The molecule has 0 bridgehead atoms. The summed E-state index contributed by atoms with van der Waals surface area (Å²) in [5, 5.41) is 0. The summed E-state index contributed by atoms with van der Waals surface area (Å²) in [7, 11) is -3.56. The molecule has 0 amide bonds. The van der Waals surface area contributed by atoms with Crippen molar-refractivity contribution in [3.8, 4) is 0 Å². The van der Waals surface area contributed by atoms with E-state index in [0.717, 1.165) is 5.56 Å². The largest absolute Gasteiger partial charge is 0.398 e. The Morgan fingerprint density at radius 1 is 1.19 bits per heavy atom. The van der Waals surface area contributed by atoms with Crippen molar-refractivity contribution in [2.24, 2.45) is 0 Å². The molecule has 1 aromatic carbocycles. The van der Waals surface area contributed by atoms with Crippen LogP contribution in [0.2, 0.25) is 0 Å². The molecule has 0 radical (unpaired) electrons. The molecule has 2 N–H and O–H groups in total. The van der Waals surface area contributed by atoms with Gasteiger partial charge in [0.05, 0.1) is 5.69 Å². The predicted octanol–water partition coefficient (Wildman–Crippen LogP) is 1.62. The second-order valence-corrected chi connectivity index (χ2v) is 5.37. The Morgan fingerprint density at radius 3 is 2.44 bits per heavy atom. The quantitative estimate of drug-likeness (QED) is 0.806. The van der Waals surface area contributed by atoms with Gasteiger partial charge in [-0.3, -0.25) is 0 Å². The topological polar surface area (TPSA) is 65.1 Å². The maximum atomic E-state index is 12.2. The van der Waals surface area contributed by atoms with Crippen LogP contribution < -0.4 is 5.73 Å². The van der Waals surface area contributed by atoms with E-state index in [0.29, 0.717) is 0 Å². The Labute approximate surface area is 94.4 Å². The summed E-state index contributed by atoms with van der Waals surface area (Å²) in [4.78, 5) is 0.130. The molecular formula is C11H12N2O2S. The van der Waals surface area contributed by atoms with E-state index in [4.69, 9.17) is 5.73 Å². The van der Waals surface area contributed by atoms with E-state index in [1.807, 2.05) is 6.92 Å². The van der Waals surface area contributed by atoms with Gasteiger partial charge in [0.2, 0.25) is 0 Å². The maximum absolute atomic E-state index is 12.2. The molecule has 16 heavy (non-hydrogen) atoms. The van der Waals surface area contributed by atoms with Gasteiger partial charge in [-0.2, -0.15) is 0 Å². The average molecular weight is 236 g/mol. The van der Waals surface area contributed by atoms with Crippen molar-refractivity contribution in [1.29, 1.82) is 0 Å². The standard InChI is InChI=1S/C11H12N2O2S/c1-9-6-7-13(8-9)16(14,15)11-5-3-2-4-10(11)12/h2-8H,12H2,1H3. The first kappa shape index (κ1) is 10.8. The highest BCUT2D eigenvalue weighted by Crippen LogP contribution is 2.20. The Kier molecular flexibility index (Phi) is 2.47. The van der Waals surface area contributed by atoms with Crippen molar-refractivity contribution in [2.75, 3.05) is 5.73 Å². The van der Waals surface area contributed by atoms with Gasteiger partial charge in [0.25, 0.3) is 10.0 Å². The fraction of sp³-hybridized carbons (Fsp3) is 0.0909. The molecule has 2 aromatic rings. The molecule has 2 rings (SSSR count). The highest BCUT2D eigenvalue weighted by Gasteiger charge is 2.18. The number of benzene rings is 1. The summed E-state index contributed by atoms with van der Waals surface area (Å²) < 4.78 is 25.5. The van der Waals surface area contributed by atoms with Gasteiger partial charge in [0.1, 0.15) is 4.90 Å². The molecule has 0 unspecified atom stereocenters. The van der Waals surface area contributed by atoms with Gasteiger partial charge in [0, 0.05) is 12.4 Å². The van der Waals surface area contributed by atoms with Crippen molar-refractivity contribution < 1.29 is 8.42 Å². The SMILES string of the molecule is Cc1ccn(S(=O)(=O)c2ccccc2N)c1. The number of anilines is 1. The Hall–Kier alpha value is -1.75. The van der Waals surface area contributed by atoms with Crippen LogP contribution in [0.25, 0.3) is 0 Å². The third-order valence-corrected chi connectivity index (χ3v) is 4.00. The van der Waals surface area contributed by atoms with Crippen molar-refractivity contribution in [3.05, 3.63) is 48.3 Å². The fourth-order valence-corrected chi connectivity index (χ4v) is 2.83. The Morgan fingerprint density at radius 2 is 1.88 bits per heavy atom. The molecule has 0 aliphatic rings. The number of rotatable bonds is 2. The first-order chi connectivity index (χ1) is 7.51. The lowest BCUT2D eigenvalue weighted by Crippen LogP contribution is -2.12. The lowest BCUT2D eigenvalue weighted by Gasteiger charge is -2.07. The number of para-hydroxylation sites is 1. The third-order valence-electron chi connectivity index (χ3n) is 2.29. The molecule has 84 valence electrons. The minimum Gasteiger partial charge on any atom is -0.398 e. The van der Waals surface area contributed by atoms with Gasteiger partial charge in [0.15, 0.2) is 0 Å². The third kappa shape index (κ3) is 1.69. The van der Waals surface area contributed by atoms with E-state index < -0.39 is 10.0 Å². The molecule has 0 aliphatic carbocycles. The first-order valence-electron chi connectivity index (χ1n) is 4.76. The normalized spacial score (nSPS) is 11.6. The molecule has 0 saturated heterocycles. The summed E-state index contributed by atoms with van der Waals surface area (Å²) in [5.74, 6) is 0. The van der Waals surface area contributed by atoms with Crippen molar-refractivity contribution >= 4 is 15.7 Å². The van der Waals surface area contributed by atoms with Gasteiger partial charge in [-0.15, -0.1) is 0 Å². The molecule has 0 fully saturated rings. The van der Waals surface area contributed by atoms with Crippen LogP contribution in [-0.4, -0.2) is 12.4 Å². The van der Waals surface area contributed by atoms with Gasteiger partial charge in [-0.1, -0.05) is 12.1 Å². The molecule has 0 spiro atoms. The zero-order valence-corrected chi connectivity index (χ0v) is 9.61. The van der Waals surface area contributed by atoms with Crippen LogP contribution in [0.15, 0.2) is 47.6 Å². The van der Waals surface area contributed by atoms with Gasteiger partial charge in [-0.25, -0.2) is 12.4 Å². The summed E-state index contributed by atoms with van der Waals surface area (Å²) in [6, 6.07) is 8.16. The highest BCUT2D eigenvalue weighted by atomic mass is 32.2. The smallest absolute Gasteiger partial charge is 0.269 e. The van der Waals surface area contributed by atoms with E-state index >= 15 is 0 Å². The molecule has 4 nitrogen and oxygen atoms in total. The van der Waals surface area contributed by atoms with Gasteiger partial charge >= 0.3 is 0 Å². The number of nitrogen functional groups attached to an aromatic ring is 1. The first-order valence-corrected chi connectivity index (χ1v) is 6.20. The van der Waals surface area contributed by atoms with Crippen molar-refractivity contribution in [2.45, 2.75) is 11.8 Å². The highest BCUT2D eigenvalue weighted by molar-refractivity contribution is 7.90. The van der Waals surface area contributed by atoms with Gasteiger partial charge < -0.3 is 5.73 Å². The molecule has 1 aromatic heterocycles. The molecule has 5 heteroatoms. The van der Waals surface area contributed by atoms with Crippen molar-refractivity contribution in [1.82, 2.24) is 3.97 Å². The van der Waals surface area contributed by atoms with E-state index in [-0.39, 0.29) is 10.6 Å². The van der Waals surface area contributed by atoms with Crippen LogP contribution in [0.5, 0.6) is 0 Å². The monoisotopic (exact) mass is 236 g/mol. The zero-order valence-electron chi connectivity index (χ0n) is 8.79. The van der Waals surface area contributed by atoms with Crippen LogP contribution in [0.1, 0.15) is 5.56 Å². The Balaban J connectivity index is 2.60. The van der Waals surface area contributed by atoms with Crippen LogP contribution in [-0.2, 0) is 10.0 Å². The number of aryl methyl sites for hydroxylation is 1. The van der Waals surface area contributed by atoms with E-state index in [9.17, 15) is 8.42 Å². The molecule has 0 saturated carbocycles. The number of hydrogen-bond acceptors (Lipinski definition) is 3.